The largest absolute Gasteiger partial charge is 0.354 e. The van der Waals surface area contributed by atoms with Crippen molar-refractivity contribution in [3.8, 4) is 11.3 Å². The lowest BCUT2D eigenvalue weighted by Crippen LogP contribution is -2.11. The Morgan fingerprint density at radius 1 is 1.12 bits per heavy atom. The Labute approximate surface area is 154 Å². The summed E-state index contributed by atoms with van der Waals surface area (Å²) in [6.45, 7) is 0. The highest BCUT2D eigenvalue weighted by Gasteiger charge is 2.21. The Morgan fingerprint density at radius 3 is 2.35 bits per heavy atom. The Morgan fingerprint density at radius 2 is 1.77 bits per heavy atom. The van der Waals surface area contributed by atoms with Crippen LogP contribution in [0.3, 0.4) is 0 Å². The number of nitro benzene ring substituents is 1. The van der Waals surface area contributed by atoms with Gasteiger partial charge in [-0.1, -0.05) is 29.5 Å². The Hall–Kier alpha value is -3.26. The minimum Gasteiger partial charge on any atom is -0.354 e. The molecule has 3 rings (SSSR count). The van der Waals surface area contributed by atoms with Crippen LogP contribution in [-0.4, -0.2) is 29.9 Å². The van der Waals surface area contributed by atoms with Crippen molar-refractivity contribution >= 4 is 33.8 Å². The van der Waals surface area contributed by atoms with Crippen molar-refractivity contribution in [1.29, 1.82) is 0 Å². The van der Waals surface area contributed by atoms with Crippen molar-refractivity contribution in [3.63, 3.8) is 0 Å². The summed E-state index contributed by atoms with van der Waals surface area (Å²) in [6.07, 6.45) is 0. The monoisotopic (exact) mass is 368 g/mol. The van der Waals surface area contributed by atoms with Gasteiger partial charge in [-0.05, 0) is 24.3 Å². The maximum Gasteiger partial charge on any atom is 0.269 e. The smallest absolute Gasteiger partial charge is 0.269 e. The van der Waals surface area contributed by atoms with Crippen molar-refractivity contribution in [1.82, 2.24) is 4.98 Å². The maximum absolute atomic E-state index is 12.8. The van der Waals surface area contributed by atoms with Gasteiger partial charge in [0.05, 0.1) is 10.6 Å². The Bertz CT molecular complexity index is 937. The fraction of sp³-hybridized carbons (Fsp3) is 0.111. The van der Waals surface area contributed by atoms with Crippen molar-refractivity contribution < 1.29 is 9.72 Å². The van der Waals surface area contributed by atoms with Gasteiger partial charge < -0.3 is 10.2 Å². The quantitative estimate of drug-likeness (QED) is 0.542. The molecule has 26 heavy (non-hydrogen) atoms. The Balaban J connectivity index is 1.98. The van der Waals surface area contributed by atoms with Gasteiger partial charge in [-0.25, -0.2) is 4.98 Å². The summed E-state index contributed by atoms with van der Waals surface area (Å²) >= 11 is 1.27. The summed E-state index contributed by atoms with van der Waals surface area (Å²) in [5.74, 6) is -0.268. The van der Waals surface area contributed by atoms with E-state index in [9.17, 15) is 14.9 Å². The summed E-state index contributed by atoms with van der Waals surface area (Å²) in [5, 5.41) is 14.4. The first-order chi connectivity index (χ1) is 12.5. The van der Waals surface area contributed by atoms with Crippen LogP contribution in [0.25, 0.3) is 11.3 Å². The van der Waals surface area contributed by atoms with Crippen LogP contribution in [0.1, 0.15) is 9.67 Å². The normalized spacial score (nSPS) is 10.4. The summed E-state index contributed by atoms with van der Waals surface area (Å²) in [4.78, 5) is 29.9. The fourth-order valence-electron chi connectivity index (χ4n) is 2.30. The second-order valence-corrected chi connectivity index (χ2v) is 6.67. The number of carbonyl (C=O) groups is 1. The number of rotatable bonds is 5. The van der Waals surface area contributed by atoms with Crippen LogP contribution in [0.4, 0.5) is 16.5 Å². The average Bonchev–Trinajstić information content (AvgIpc) is 3.08. The van der Waals surface area contributed by atoms with Gasteiger partial charge in [0.2, 0.25) is 0 Å². The molecule has 0 radical (unpaired) electrons. The van der Waals surface area contributed by atoms with E-state index in [1.165, 1.54) is 23.5 Å². The summed E-state index contributed by atoms with van der Waals surface area (Å²) in [6, 6.07) is 15.2. The molecule has 2 aromatic carbocycles. The molecule has 0 unspecified atom stereocenters. The third-order valence-corrected chi connectivity index (χ3v) is 4.81. The minimum atomic E-state index is -0.459. The molecule has 0 aliphatic rings. The second kappa shape index (κ2) is 7.32. The van der Waals surface area contributed by atoms with Gasteiger partial charge in [-0.15, -0.1) is 0 Å². The van der Waals surface area contributed by atoms with Crippen LogP contribution < -0.4 is 10.2 Å². The molecule has 1 heterocycles. The third kappa shape index (κ3) is 3.70. The summed E-state index contributed by atoms with van der Waals surface area (Å²) in [7, 11) is 3.69. The van der Waals surface area contributed by atoms with Crippen LogP contribution in [0.5, 0.6) is 0 Å². The van der Waals surface area contributed by atoms with Crippen LogP contribution in [0.2, 0.25) is 0 Å². The van der Waals surface area contributed by atoms with E-state index in [0.29, 0.717) is 27.0 Å². The van der Waals surface area contributed by atoms with Gasteiger partial charge in [0.15, 0.2) is 5.13 Å². The van der Waals surface area contributed by atoms with E-state index >= 15 is 0 Å². The van der Waals surface area contributed by atoms with E-state index in [0.717, 1.165) is 0 Å². The predicted molar refractivity (Wildman–Crippen MR) is 103 cm³/mol. The van der Waals surface area contributed by atoms with Crippen molar-refractivity contribution in [3.05, 3.63) is 69.6 Å². The van der Waals surface area contributed by atoms with Crippen LogP contribution in [-0.2, 0) is 0 Å². The molecule has 0 saturated heterocycles. The van der Waals surface area contributed by atoms with Gasteiger partial charge in [-0.3, -0.25) is 14.9 Å². The maximum atomic E-state index is 12.8. The van der Waals surface area contributed by atoms with Gasteiger partial charge in [0.25, 0.3) is 11.6 Å². The number of amides is 1. The summed E-state index contributed by atoms with van der Waals surface area (Å²) in [5.41, 5.74) is 1.83. The number of nitrogens with zero attached hydrogens (tertiary/aromatic N) is 3. The molecule has 1 amide bonds. The van der Waals surface area contributed by atoms with Crippen LogP contribution in [0, 0.1) is 10.1 Å². The number of para-hydroxylation sites is 1. The molecule has 1 aromatic heterocycles. The number of aromatic nitrogens is 1. The van der Waals surface area contributed by atoms with Crippen molar-refractivity contribution in [2.45, 2.75) is 0 Å². The number of hydrogen-bond acceptors (Lipinski definition) is 6. The molecule has 0 aliphatic heterocycles. The number of anilines is 2. The molecular weight excluding hydrogens is 352 g/mol. The highest BCUT2D eigenvalue weighted by Crippen LogP contribution is 2.33. The highest BCUT2D eigenvalue weighted by molar-refractivity contribution is 7.18. The van der Waals surface area contributed by atoms with E-state index in [1.807, 2.05) is 37.2 Å². The lowest BCUT2D eigenvalue weighted by atomic mass is 10.1. The lowest BCUT2D eigenvalue weighted by molar-refractivity contribution is -0.384. The van der Waals surface area contributed by atoms with Gasteiger partial charge in [0.1, 0.15) is 4.88 Å². The number of carbonyl (C=O) groups excluding carboxylic acids is 1. The van der Waals surface area contributed by atoms with E-state index in [2.05, 4.69) is 10.3 Å². The average molecular weight is 368 g/mol. The molecular formula is C18H16N4O3S. The van der Waals surface area contributed by atoms with Crippen LogP contribution >= 0.6 is 11.3 Å². The SMILES string of the molecule is CN(C)c1nc(-c2ccc([N+](=O)[O-])cc2)c(C(=O)Nc2ccccc2)s1. The molecule has 3 aromatic rings. The standard InChI is InChI=1S/C18H16N4O3S/c1-21(2)18-20-15(12-8-10-14(11-9-12)22(24)25)16(26-18)17(23)19-13-6-4-3-5-7-13/h3-11H,1-2H3,(H,19,23). The van der Waals surface area contributed by atoms with Crippen molar-refractivity contribution in [2.75, 3.05) is 24.3 Å². The molecule has 1 N–H and O–H groups in total. The van der Waals surface area contributed by atoms with Crippen LogP contribution in [0.15, 0.2) is 54.6 Å². The number of thiazole rings is 1. The number of hydrogen-bond donors (Lipinski definition) is 1. The zero-order valence-electron chi connectivity index (χ0n) is 14.2. The minimum absolute atomic E-state index is 0.00732. The van der Waals surface area contributed by atoms with Gasteiger partial charge in [-0.2, -0.15) is 0 Å². The third-order valence-electron chi connectivity index (χ3n) is 3.59. The molecule has 0 atom stereocenters. The molecule has 0 spiro atoms. The zero-order chi connectivity index (χ0) is 18.7. The van der Waals surface area contributed by atoms with E-state index < -0.39 is 4.92 Å². The van der Waals surface area contributed by atoms with Crippen molar-refractivity contribution in [2.24, 2.45) is 0 Å². The molecule has 0 fully saturated rings. The number of benzene rings is 2. The van der Waals surface area contributed by atoms with Gasteiger partial charge in [0, 0.05) is 37.5 Å². The second-order valence-electron chi connectivity index (χ2n) is 5.69. The molecule has 132 valence electrons. The first kappa shape index (κ1) is 17.6. The molecule has 0 saturated carbocycles. The van der Waals surface area contributed by atoms with E-state index in [1.54, 1.807) is 24.3 Å². The van der Waals surface area contributed by atoms with E-state index in [-0.39, 0.29) is 11.6 Å². The number of non-ortho nitro benzene ring substituents is 1. The fourth-order valence-corrected chi connectivity index (χ4v) is 3.21. The number of nitrogens with one attached hydrogen (secondary N) is 1. The molecule has 0 bridgehead atoms. The summed E-state index contributed by atoms with van der Waals surface area (Å²) < 4.78 is 0. The molecule has 7 nitrogen and oxygen atoms in total. The topological polar surface area (TPSA) is 88.4 Å². The Kier molecular flexibility index (Phi) is 4.94. The van der Waals surface area contributed by atoms with E-state index in [4.69, 9.17) is 0 Å². The van der Waals surface area contributed by atoms with Gasteiger partial charge >= 0.3 is 0 Å². The predicted octanol–water partition coefficient (Wildman–Crippen LogP) is 4.04. The highest BCUT2D eigenvalue weighted by atomic mass is 32.1. The lowest BCUT2D eigenvalue weighted by Gasteiger charge is -2.05. The first-order valence-electron chi connectivity index (χ1n) is 7.75. The molecule has 8 heteroatoms. The number of nitro groups is 1. The first-order valence-corrected chi connectivity index (χ1v) is 8.56. The zero-order valence-corrected chi connectivity index (χ0v) is 15.0. The molecule has 0 aliphatic carbocycles.